The van der Waals surface area contributed by atoms with E-state index in [0.717, 1.165) is 0 Å². The number of rotatable bonds is 6. The molecule has 2 amide bonds. The van der Waals surface area contributed by atoms with Crippen LogP contribution in [0.5, 0.6) is 0 Å². The fourth-order valence-electron chi connectivity index (χ4n) is 1.61. The number of carbonyl (C=O) groups is 2. The molecule has 2 N–H and O–H groups in total. The van der Waals surface area contributed by atoms with Gasteiger partial charge in [0.1, 0.15) is 6.04 Å². The van der Waals surface area contributed by atoms with Gasteiger partial charge in [-0.3, -0.25) is 14.9 Å². The first-order valence-corrected chi connectivity index (χ1v) is 5.57. The monoisotopic (exact) mass is 241 g/mol. The number of nitrogens with one attached hydrogen (secondary N) is 2. The minimum Gasteiger partial charge on any atom is -0.383 e. The van der Waals surface area contributed by atoms with Crippen LogP contribution in [0.4, 0.5) is 0 Å². The third-order valence-electron chi connectivity index (χ3n) is 2.54. The highest BCUT2D eigenvalue weighted by molar-refractivity contribution is 5.86. The number of carbonyl (C=O) groups excluding carboxylic acids is 2. The van der Waals surface area contributed by atoms with Crippen LogP contribution in [0, 0.1) is 0 Å². The van der Waals surface area contributed by atoms with Crippen molar-refractivity contribution in [2.24, 2.45) is 0 Å². The summed E-state index contributed by atoms with van der Waals surface area (Å²) < 4.78 is 4.95. The van der Waals surface area contributed by atoms with E-state index in [9.17, 15) is 9.59 Å². The van der Waals surface area contributed by atoms with E-state index in [0.29, 0.717) is 26.2 Å². The van der Waals surface area contributed by atoms with Crippen molar-refractivity contribution in [3.8, 4) is 0 Å². The lowest BCUT2D eigenvalue weighted by Gasteiger charge is -2.29. The van der Waals surface area contributed by atoms with E-state index in [4.69, 9.17) is 4.74 Å². The summed E-state index contributed by atoms with van der Waals surface area (Å²) in [5.41, 5.74) is 0. The lowest BCUT2D eigenvalue weighted by Crippen LogP contribution is -2.59. The molecule has 1 heterocycles. The maximum Gasteiger partial charge on any atom is 0.241 e. The quantitative estimate of drug-likeness (QED) is 0.569. The zero-order valence-corrected chi connectivity index (χ0v) is 10.1. The molecule has 1 rings (SSSR count). The summed E-state index contributed by atoms with van der Waals surface area (Å²) in [6.45, 7) is 5.62. The van der Waals surface area contributed by atoms with E-state index in [1.54, 1.807) is 18.1 Å². The van der Waals surface area contributed by atoms with Crippen molar-refractivity contribution in [1.29, 1.82) is 0 Å². The molecule has 96 valence electrons. The van der Waals surface area contributed by atoms with E-state index < -0.39 is 0 Å². The molecule has 0 spiro atoms. The molecule has 0 radical (unpaired) electrons. The van der Waals surface area contributed by atoms with Crippen molar-refractivity contribution in [1.82, 2.24) is 15.5 Å². The minimum absolute atomic E-state index is 0.0399. The van der Waals surface area contributed by atoms with Crippen LogP contribution in [-0.4, -0.2) is 62.7 Å². The Kier molecular flexibility index (Phi) is 5.65. The number of hydrogen-bond acceptors (Lipinski definition) is 4. The molecule has 0 aromatic rings. The van der Waals surface area contributed by atoms with E-state index >= 15 is 0 Å². The molecule has 1 aliphatic rings. The molecule has 0 aliphatic carbocycles. The molecule has 6 nitrogen and oxygen atoms in total. The van der Waals surface area contributed by atoms with Gasteiger partial charge in [-0.15, -0.1) is 6.58 Å². The molecule has 17 heavy (non-hydrogen) atoms. The maximum absolute atomic E-state index is 12.1. The Bertz CT molecular complexity index is 284. The fourth-order valence-corrected chi connectivity index (χ4v) is 1.61. The Hall–Kier alpha value is -1.40. The van der Waals surface area contributed by atoms with Crippen molar-refractivity contribution in [3.63, 3.8) is 0 Å². The van der Waals surface area contributed by atoms with Crippen molar-refractivity contribution in [3.05, 3.63) is 12.7 Å². The van der Waals surface area contributed by atoms with Crippen LogP contribution in [-0.2, 0) is 14.3 Å². The second-order valence-corrected chi connectivity index (χ2v) is 3.80. The summed E-state index contributed by atoms with van der Waals surface area (Å²) in [4.78, 5) is 24.7. The van der Waals surface area contributed by atoms with Crippen LogP contribution < -0.4 is 10.6 Å². The number of ether oxygens (including phenoxy) is 1. The average molecular weight is 241 g/mol. The van der Waals surface area contributed by atoms with Crippen LogP contribution >= 0.6 is 0 Å². The van der Waals surface area contributed by atoms with Gasteiger partial charge < -0.3 is 15.0 Å². The van der Waals surface area contributed by atoms with Gasteiger partial charge in [0.25, 0.3) is 0 Å². The van der Waals surface area contributed by atoms with E-state index in [1.165, 1.54) is 0 Å². The largest absolute Gasteiger partial charge is 0.383 e. The van der Waals surface area contributed by atoms with Crippen molar-refractivity contribution in [2.75, 3.05) is 39.9 Å². The van der Waals surface area contributed by atoms with Gasteiger partial charge in [0.2, 0.25) is 11.8 Å². The van der Waals surface area contributed by atoms with Gasteiger partial charge in [0.05, 0.1) is 13.2 Å². The summed E-state index contributed by atoms with van der Waals surface area (Å²) in [6, 6.07) is -0.357. The van der Waals surface area contributed by atoms with E-state index in [-0.39, 0.29) is 24.4 Å². The highest BCUT2D eigenvalue weighted by Crippen LogP contribution is 1.98. The SMILES string of the molecule is C=CCN(CCOC)C(=O)C1CNC(=O)CN1. The summed E-state index contributed by atoms with van der Waals surface area (Å²) in [7, 11) is 1.59. The van der Waals surface area contributed by atoms with Gasteiger partial charge in [-0.05, 0) is 0 Å². The van der Waals surface area contributed by atoms with E-state index in [2.05, 4.69) is 17.2 Å². The second kappa shape index (κ2) is 7.03. The Labute approximate surface area is 101 Å². The Morgan fingerprint density at radius 1 is 1.71 bits per heavy atom. The lowest BCUT2D eigenvalue weighted by atomic mass is 10.2. The molecule has 1 aliphatic heterocycles. The smallest absolute Gasteiger partial charge is 0.241 e. The van der Waals surface area contributed by atoms with E-state index in [1.807, 2.05) is 0 Å². The number of amides is 2. The minimum atomic E-state index is -0.357. The fraction of sp³-hybridized carbons (Fsp3) is 0.636. The highest BCUT2D eigenvalue weighted by Gasteiger charge is 2.27. The summed E-state index contributed by atoms with van der Waals surface area (Å²) >= 11 is 0. The standard InChI is InChI=1S/C11H19N3O3/c1-3-4-14(5-6-17-2)11(16)9-7-13-10(15)8-12-9/h3,9,12H,1,4-8H2,2H3,(H,13,15). The number of hydrogen-bond donors (Lipinski definition) is 2. The molecular formula is C11H19N3O3. The maximum atomic E-state index is 12.1. The first-order valence-electron chi connectivity index (χ1n) is 5.57. The van der Waals surface area contributed by atoms with Gasteiger partial charge in [0.15, 0.2) is 0 Å². The van der Waals surface area contributed by atoms with Crippen molar-refractivity contribution >= 4 is 11.8 Å². The average Bonchev–Trinajstić information content (AvgIpc) is 2.34. The summed E-state index contributed by atoms with van der Waals surface area (Å²) in [6.07, 6.45) is 1.68. The first-order chi connectivity index (χ1) is 8.19. The van der Waals surface area contributed by atoms with Gasteiger partial charge in [-0.25, -0.2) is 0 Å². The molecular weight excluding hydrogens is 222 g/mol. The Morgan fingerprint density at radius 2 is 2.47 bits per heavy atom. The van der Waals surface area contributed by atoms with Gasteiger partial charge in [0, 0.05) is 26.7 Å². The highest BCUT2D eigenvalue weighted by atomic mass is 16.5. The number of piperazine rings is 1. The second-order valence-electron chi connectivity index (χ2n) is 3.80. The first kappa shape index (κ1) is 13.7. The predicted octanol–water partition coefficient (Wildman–Crippen LogP) is -1.26. The molecule has 6 heteroatoms. The molecule has 0 saturated carbocycles. The molecule has 1 unspecified atom stereocenters. The number of nitrogens with zero attached hydrogens (tertiary/aromatic N) is 1. The molecule has 1 saturated heterocycles. The Morgan fingerprint density at radius 3 is 3.00 bits per heavy atom. The van der Waals surface area contributed by atoms with Crippen LogP contribution in [0.25, 0.3) is 0 Å². The Balaban J connectivity index is 2.50. The van der Waals surface area contributed by atoms with Gasteiger partial charge >= 0.3 is 0 Å². The van der Waals surface area contributed by atoms with Crippen molar-refractivity contribution in [2.45, 2.75) is 6.04 Å². The zero-order chi connectivity index (χ0) is 12.7. The predicted molar refractivity (Wildman–Crippen MR) is 63.5 cm³/mol. The van der Waals surface area contributed by atoms with Crippen LogP contribution in [0.3, 0.4) is 0 Å². The van der Waals surface area contributed by atoms with Gasteiger partial charge in [-0.1, -0.05) is 6.08 Å². The molecule has 0 aromatic carbocycles. The molecule has 0 aromatic heterocycles. The summed E-state index contributed by atoms with van der Waals surface area (Å²) in [5.74, 6) is -0.122. The van der Waals surface area contributed by atoms with Gasteiger partial charge in [-0.2, -0.15) is 0 Å². The molecule has 0 bridgehead atoms. The normalized spacial score (nSPS) is 19.6. The third-order valence-corrected chi connectivity index (χ3v) is 2.54. The molecule has 1 atom stereocenters. The van der Waals surface area contributed by atoms with Crippen LogP contribution in [0.15, 0.2) is 12.7 Å². The van der Waals surface area contributed by atoms with Crippen molar-refractivity contribution < 1.29 is 14.3 Å². The zero-order valence-electron chi connectivity index (χ0n) is 10.1. The summed E-state index contributed by atoms with van der Waals surface area (Å²) in [5, 5.41) is 5.57. The molecule has 1 fully saturated rings. The van der Waals surface area contributed by atoms with Crippen LogP contribution in [0.2, 0.25) is 0 Å². The van der Waals surface area contributed by atoms with Crippen LogP contribution in [0.1, 0.15) is 0 Å². The number of methoxy groups -OCH3 is 1. The topological polar surface area (TPSA) is 70.7 Å². The lowest BCUT2D eigenvalue weighted by molar-refractivity contribution is -0.135. The third kappa shape index (κ3) is 4.16.